The van der Waals surface area contributed by atoms with E-state index in [0.717, 1.165) is 5.56 Å². The van der Waals surface area contributed by atoms with E-state index in [1.165, 1.54) is 24.3 Å². The minimum atomic E-state index is -4.65. The van der Waals surface area contributed by atoms with Gasteiger partial charge in [0, 0.05) is 46.6 Å². The van der Waals surface area contributed by atoms with E-state index < -0.39 is 54.1 Å². The van der Waals surface area contributed by atoms with E-state index >= 15 is 0 Å². The normalized spacial score (nSPS) is 13.5. The summed E-state index contributed by atoms with van der Waals surface area (Å²) in [6, 6.07) is 17.4. The maximum Gasteiger partial charge on any atom is 0.422 e. The zero-order chi connectivity index (χ0) is 39.9. The molecule has 1 fully saturated rings. The van der Waals surface area contributed by atoms with Gasteiger partial charge in [0.25, 0.3) is 5.91 Å². The molecule has 16 nitrogen and oxygen atoms in total. The number of anilines is 4. The minimum Gasteiger partial charge on any atom is -0.480 e. The third-order valence-corrected chi connectivity index (χ3v) is 8.57. The number of halogens is 4. The van der Waals surface area contributed by atoms with Gasteiger partial charge in [-0.1, -0.05) is 29.8 Å². The van der Waals surface area contributed by atoms with Crippen LogP contribution >= 0.6 is 11.6 Å². The van der Waals surface area contributed by atoms with Gasteiger partial charge in [-0.15, -0.1) is 0 Å². The summed E-state index contributed by atoms with van der Waals surface area (Å²) in [6.45, 7) is -1.89. The molecule has 3 aromatic carbocycles. The lowest BCUT2D eigenvalue weighted by Crippen LogP contribution is -2.44. The van der Waals surface area contributed by atoms with E-state index in [-0.39, 0.29) is 30.4 Å². The number of benzene rings is 3. The fraction of sp³-hybridized carbons (Fsp3) is 0.222. The summed E-state index contributed by atoms with van der Waals surface area (Å²) >= 11 is 6.02. The van der Waals surface area contributed by atoms with Gasteiger partial charge in [-0.2, -0.15) is 28.1 Å². The molecule has 290 valence electrons. The Labute approximate surface area is 320 Å². The quantitative estimate of drug-likeness (QED) is 0.0788. The van der Waals surface area contributed by atoms with E-state index in [0.29, 0.717) is 34.9 Å². The van der Waals surface area contributed by atoms with E-state index in [1.54, 1.807) is 59.7 Å². The number of alkyl halides is 3. The Kier molecular flexibility index (Phi) is 11.6. The second kappa shape index (κ2) is 16.7. The highest BCUT2D eigenvalue weighted by Crippen LogP contribution is 2.48. The van der Waals surface area contributed by atoms with Crippen molar-refractivity contribution in [3.8, 4) is 11.7 Å². The van der Waals surface area contributed by atoms with Crippen molar-refractivity contribution in [2.75, 3.05) is 29.1 Å². The second-order valence-electron chi connectivity index (χ2n) is 12.5. The van der Waals surface area contributed by atoms with Crippen molar-refractivity contribution < 1.29 is 42.2 Å². The number of rotatable bonds is 15. The largest absolute Gasteiger partial charge is 0.480 e. The molecule has 3 amide bonds. The van der Waals surface area contributed by atoms with Crippen molar-refractivity contribution in [2.45, 2.75) is 37.0 Å². The highest BCUT2D eigenvalue weighted by molar-refractivity contribution is 6.39. The Bertz CT molecular complexity index is 2200. The Hall–Kier alpha value is -6.76. The number of carboxylic acids is 1. The van der Waals surface area contributed by atoms with E-state index in [9.17, 15) is 37.5 Å². The fourth-order valence-corrected chi connectivity index (χ4v) is 5.49. The molecule has 1 atom stereocenters. The predicted molar refractivity (Wildman–Crippen MR) is 196 cm³/mol. The van der Waals surface area contributed by atoms with Crippen LogP contribution in [0.25, 0.3) is 5.69 Å². The molecule has 20 heteroatoms. The van der Waals surface area contributed by atoms with Crippen LogP contribution < -0.4 is 31.3 Å². The molecule has 5 aromatic rings. The van der Waals surface area contributed by atoms with Crippen molar-refractivity contribution in [1.82, 2.24) is 35.1 Å². The third kappa shape index (κ3) is 10.5. The molecule has 0 radical (unpaired) electrons. The van der Waals surface area contributed by atoms with Crippen LogP contribution in [0.1, 0.15) is 35.2 Å². The van der Waals surface area contributed by atoms with Crippen molar-refractivity contribution in [1.29, 1.82) is 0 Å². The van der Waals surface area contributed by atoms with Gasteiger partial charge in [0.15, 0.2) is 6.61 Å². The number of aromatic nitrogens is 5. The molecule has 2 aromatic heterocycles. The Morgan fingerprint density at radius 2 is 1.66 bits per heavy atom. The monoisotopic (exact) mass is 792 g/mol. The number of ether oxygens (including phenoxy) is 1. The number of carboxylic acid groups (broad SMARTS) is 1. The van der Waals surface area contributed by atoms with E-state index in [4.69, 9.17) is 16.3 Å². The van der Waals surface area contributed by atoms with Gasteiger partial charge in [-0.3, -0.25) is 14.4 Å². The summed E-state index contributed by atoms with van der Waals surface area (Å²) in [5, 5.41) is 23.5. The SMILES string of the molecule is O=C(NCC[C@H](NC(=O)c1ccc(Nc2nc(NC3(c4ccc(Cl)cc4)CC3)nc(OCC(F)(F)F)n2)cc1)C(=O)O)C(=O)Nc1cccc(-n2ccnc2)c1. The fourth-order valence-electron chi connectivity index (χ4n) is 5.36. The summed E-state index contributed by atoms with van der Waals surface area (Å²) in [7, 11) is 0. The first-order chi connectivity index (χ1) is 26.7. The topological polar surface area (TPSA) is 214 Å². The summed E-state index contributed by atoms with van der Waals surface area (Å²) in [4.78, 5) is 66.0. The van der Waals surface area contributed by atoms with Crippen molar-refractivity contribution in [3.05, 3.63) is 108 Å². The van der Waals surface area contributed by atoms with Crippen LogP contribution in [0.5, 0.6) is 6.01 Å². The zero-order valence-electron chi connectivity index (χ0n) is 29.0. The molecule has 6 N–H and O–H groups in total. The molecule has 1 aliphatic rings. The Morgan fingerprint density at radius 1 is 0.929 bits per heavy atom. The van der Waals surface area contributed by atoms with Crippen LogP contribution in [0.2, 0.25) is 5.02 Å². The lowest BCUT2D eigenvalue weighted by molar-refractivity contribution is -0.154. The van der Waals surface area contributed by atoms with Crippen LogP contribution in [-0.4, -0.2) is 78.7 Å². The number of hydrogen-bond donors (Lipinski definition) is 6. The average molecular weight is 793 g/mol. The Morgan fingerprint density at radius 3 is 2.32 bits per heavy atom. The van der Waals surface area contributed by atoms with Crippen LogP contribution in [0.4, 0.5) is 36.4 Å². The highest BCUT2D eigenvalue weighted by Gasteiger charge is 2.45. The van der Waals surface area contributed by atoms with Gasteiger partial charge >= 0.3 is 30.0 Å². The maximum absolute atomic E-state index is 13.0. The standard InChI is InChI=1S/C36H32ClF3N10O6/c37-23-8-6-22(7-9-23)35(13-14-35)49-33-46-32(47-34(48-33)56-19-36(38,39)40)44-24-10-4-21(5-11-24)28(51)45-27(31(54)55)12-15-42-29(52)30(53)43-25-2-1-3-26(18-25)50-17-16-41-20-50/h1-11,16-18,20,27H,12-15,19H2,(H,42,52)(H,43,53)(H,45,51)(H,54,55)(H2,44,46,47,48,49)/t27-/m0/s1. The van der Waals surface area contributed by atoms with Crippen molar-refractivity contribution in [2.24, 2.45) is 0 Å². The number of amides is 3. The van der Waals surface area contributed by atoms with Gasteiger partial charge in [-0.25, -0.2) is 9.78 Å². The lowest BCUT2D eigenvalue weighted by Gasteiger charge is -2.19. The van der Waals surface area contributed by atoms with E-state index in [2.05, 4.69) is 46.5 Å². The molecule has 0 saturated heterocycles. The average Bonchev–Trinajstić information content (AvgIpc) is 3.72. The molecule has 0 bridgehead atoms. The van der Waals surface area contributed by atoms with Gasteiger partial charge in [0.2, 0.25) is 11.9 Å². The van der Waals surface area contributed by atoms with Gasteiger partial charge in [0.05, 0.1) is 11.9 Å². The maximum atomic E-state index is 13.0. The summed E-state index contributed by atoms with van der Waals surface area (Å²) in [5.74, 6) is -4.32. The zero-order valence-corrected chi connectivity index (χ0v) is 29.8. The molecule has 0 aliphatic heterocycles. The summed E-state index contributed by atoms with van der Waals surface area (Å²) in [5.41, 5.74) is 1.74. The van der Waals surface area contributed by atoms with Gasteiger partial charge < -0.3 is 41.0 Å². The highest BCUT2D eigenvalue weighted by atomic mass is 35.5. The third-order valence-electron chi connectivity index (χ3n) is 8.32. The van der Waals surface area contributed by atoms with Gasteiger partial charge in [-0.05, 0) is 79.4 Å². The minimum absolute atomic E-state index is 0.0453. The number of hydrogen-bond acceptors (Lipinski definition) is 11. The predicted octanol–water partition coefficient (Wildman–Crippen LogP) is 4.82. The molecule has 56 heavy (non-hydrogen) atoms. The second-order valence-corrected chi connectivity index (χ2v) is 12.9. The van der Waals surface area contributed by atoms with Crippen molar-refractivity contribution >= 4 is 58.6 Å². The number of nitrogens with one attached hydrogen (secondary N) is 5. The van der Waals surface area contributed by atoms with Crippen LogP contribution in [0.3, 0.4) is 0 Å². The smallest absolute Gasteiger partial charge is 0.422 e. The molecule has 2 heterocycles. The first-order valence-corrected chi connectivity index (χ1v) is 17.2. The summed E-state index contributed by atoms with van der Waals surface area (Å²) < 4.78 is 45.4. The number of carbonyl (C=O) groups excluding carboxylic acids is 3. The number of aliphatic carboxylic acids is 1. The number of imidazole rings is 1. The molecule has 1 aliphatic carbocycles. The molecule has 1 saturated carbocycles. The molecular formula is C36H32ClF3N10O6. The number of nitrogens with zero attached hydrogens (tertiary/aromatic N) is 5. The first-order valence-electron chi connectivity index (χ1n) is 16.8. The lowest BCUT2D eigenvalue weighted by atomic mass is 10.1. The van der Waals surface area contributed by atoms with Crippen LogP contribution in [-0.2, 0) is 19.9 Å². The van der Waals surface area contributed by atoms with Crippen molar-refractivity contribution in [3.63, 3.8) is 0 Å². The molecule has 0 unspecified atom stereocenters. The molecule has 0 spiro atoms. The molecular weight excluding hydrogens is 761 g/mol. The number of carbonyl (C=O) groups is 4. The van der Waals surface area contributed by atoms with Crippen LogP contribution in [0, 0.1) is 0 Å². The summed E-state index contributed by atoms with van der Waals surface area (Å²) in [6.07, 6.45) is 1.37. The molecule has 6 rings (SSSR count). The van der Waals surface area contributed by atoms with Gasteiger partial charge in [0.1, 0.15) is 6.04 Å². The Balaban J connectivity index is 1.04. The van der Waals surface area contributed by atoms with Crippen LogP contribution in [0.15, 0.2) is 91.5 Å². The first kappa shape index (κ1) is 38.9. The van der Waals surface area contributed by atoms with E-state index in [1.807, 2.05) is 12.1 Å².